The molecule has 52 heavy (non-hydrogen) atoms. The van der Waals surface area contributed by atoms with Gasteiger partial charge in [-0.25, -0.2) is 0 Å². The standard InChI is InChI=1S/C50H96O2/c1-4-6-7-8-9-10-11-12-25-29-32-35-38-41-44-47-50(51)52-48-45-42-39-36-33-30-27-24-22-20-18-16-14-13-15-17-19-21-23-26-28-31-34-37-40-43-46-49(3)5-2/h9-10,12,25,49H,4-8,11,13-24,26-48H2,1-3H3/b10-9-,25-12-. The summed E-state index contributed by atoms with van der Waals surface area (Å²) in [4.78, 5) is 12.0. The summed E-state index contributed by atoms with van der Waals surface area (Å²) in [7, 11) is 0. The van der Waals surface area contributed by atoms with E-state index in [1.807, 2.05) is 0 Å². The van der Waals surface area contributed by atoms with E-state index in [1.165, 1.54) is 225 Å². The third-order valence-electron chi connectivity index (χ3n) is 11.4. The molecule has 0 heterocycles. The van der Waals surface area contributed by atoms with Crippen molar-refractivity contribution in [2.75, 3.05) is 6.61 Å². The fourth-order valence-electron chi connectivity index (χ4n) is 7.38. The Morgan fingerprint density at radius 3 is 1.17 bits per heavy atom. The van der Waals surface area contributed by atoms with Crippen molar-refractivity contribution in [3.8, 4) is 0 Å². The van der Waals surface area contributed by atoms with Crippen molar-refractivity contribution in [1.82, 2.24) is 0 Å². The number of rotatable bonds is 44. The van der Waals surface area contributed by atoms with Crippen LogP contribution in [-0.2, 0) is 9.53 Å². The van der Waals surface area contributed by atoms with Gasteiger partial charge in [0.25, 0.3) is 0 Å². The van der Waals surface area contributed by atoms with Gasteiger partial charge in [-0.3, -0.25) is 4.79 Å². The summed E-state index contributed by atoms with van der Waals surface area (Å²) in [5, 5.41) is 0. The molecule has 0 aliphatic rings. The highest BCUT2D eigenvalue weighted by Gasteiger charge is 2.03. The predicted molar refractivity (Wildman–Crippen MR) is 234 cm³/mol. The minimum absolute atomic E-state index is 0.0146. The second-order valence-electron chi connectivity index (χ2n) is 16.7. The summed E-state index contributed by atoms with van der Waals surface area (Å²) >= 11 is 0. The summed E-state index contributed by atoms with van der Waals surface area (Å²) < 4.78 is 5.47. The fraction of sp³-hybridized carbons (Fsp3) is 0.900. The largest absolute Gasteiger partial charge is 0.466 e. The molecule has 0 radical (unpaired) electrons. The van der Waals surface area contributed by atoms with E-state index in [-0.39, 0.29) is 5.97 Å². The number of unbranched alkanes of at least 4 members (excludes halogenated alkanes) is 33. The van der Waals surface area contributed by atoms with Gasteiger partial charge in [0.05, 0.1) is 6.61 Å². The topological polar surface area (TPSA) is 26.3 Å². The van der Waals surface area contributed by atoms with Crippen LogP contribution in [0.25, 0.3) is 0 Å². The molecular formula is C50H96O2. The molecule has 0 aromatic rings. The minimum Gasteiger partial charge on any atom is -0.466 e. The zero-order valence-electron chi connectivity index (χ0n) is 36.2. The summed E-state index contributed by atoms with van der Waals surface area (Å²) in [5.74, 6) is 0.952. The van der Waals surface area contributed by atoms with Gasteiger partial charge in [0.15, 0.2) is 0 Å². The van der Waals surface area contributed by atoms with Gasteiger partial charge in [0.1, 0.15) is 0 Å². The molecule has 0 spiro atoms. The SMILES string of the molecule is CCCCC/C=C\C/C=C\CCCCCCCC(=O)OCCCCCCCCCCCCCCCCCCCCCCCCCCCCC(C)CC. The molecule has 0 bridgehead atoms. The summed E-state index contributed by atoms with van der Waals surface area (Å²) in [6.07, 6.45) is 63.0. The van der Waals surface area contributed by atoms with Crippen LogP contribution < -0.4 is 0 Å². The normalized spacial score (nSPS) is 12.4. The molecule has 2 heteroatoms. The maximum Gasteiger partial charge on any atom is 0.305 e. The molecular weight excluding hydrogens is 633 g/mol. The number of esters is 1. The van der Waals surface area contributed by atoms with E-state index < -0.39 is 0 Å². The van der Waals surface area contributed by atoms with Crippen molar-refractivity contribution in [1.29, 1.82) is 0 Å². The van der Waals surface area contributed by atoms with Crippen molar-refractivity contribution in [2.24, 2.45) is 5.92 Å². The van der Waals surface area contributed by atoms with E-state index in [1.54, 1.807) is 0 Å². The van der Waals surface area contributed by atoms with E-state index in [0.717, 1.165) is 31.6 Å². The molecule has 308 valence electrons. The molecule has 0 aliphatic carbocycles. The molecule has 2 nitrogen and oxygen atoms in total. The van der Waals surface area contributed by atoms with E-state index in [9.17, 15) is 4.79 Å². The quantitative estimate of drug-likeness (QED) is 0.0355. The van der Waals surface area contributed by atoms with Crippen LogP contribution >= 0.6 is 0 Å². The first-order valence-corrected chi connectivity index (χ1v) is 24.2. The van der Waals surface area contributed by atoms with Crippen LogP contribution in [0.1, 0.15) is 278 Å². The lowest BCUT2D eigenvalue weighted by atomic mass is 9.99. The molecule has 0 saturated carbocycles. The number of hydrogen-bond donors (Lipinski definition) is 0. The maximum absolute atomic E-state index is 12.0. The van der Waals surface area contributed by atoms with Crippen LogP contribution in [0.3, 0.4) is 0 Å². The first-order valence-electron chi connectivity index (χ1n) is 24.2. The Morgan fingerprint density at radius 1 is 0.423 bits per heavy atom. The number of hydrogen-bond acceptors (Lipinski definition) is 2. The van der Waals surface area contributed by atoms with Crippen LogP contribution in [-0.4, -0.2) is 12.6 Å². The zero-order chi connectivity index (χ0) is 37.7. The minimum atomic E-state index is 0.0146. The average Bonchev–Trinajstić information content (AvgIpc) is 3.15. The zero-order valence-corrected chi connectivity index (χ0v) is 36.2. The lowest BCUT2D eigenvalue weighted by Gasteiger charge is -2.07. The molecule has 0 rings (SSSR count). The Bertz CT molecular complexity index is 724. The summed E-state index contributed by atoms with van der Waals surface area (Å²) in [6.45, 7) is 7.61. The third-order valence-corrected chi connectivity index (χ3v) is 11.4. The molecule has 1 atom stereocenters. The van der Waals surface area contributed by atoms with E-state index in [4.69, 9.17) is 4.74 Å². The summed E-state index contributed by atoms with van der Waals surface area (Å²) in [5.41, 5.74) is 0. The maximum atomic E-state index is 12.0. The molecule has 0 N–H and O–H groups in total. The third kappa shape index (κ3) is 45.1. The van der Waals surface area contributed by atoms with Gasteiger partial charge >= 0.3 is 5.97 Å². The van der Waals surface area contributed by atoms with Crippen LogP contribution in [0.5, 0.6) is 0 Å². The monoisotopic (exact) mass is 729 g/mol. The van der Waals surface area contributed by atoms with Gasteiger partial charge in [-0.1, -0.05) is 251 Å². The Balaban J connectivity index is 3.18. The first-order chi connectivity index (χ1) is 25.7. The summed E-state index contributed by atoms with van der Waals surface area (Å²) in [6, 6.07) is 0. The second-order valence-corrected chi connectivity index (χ2v) is 16.7. The number of ether oxygens (including phenoxy) is 1. The van der Waals surface area contributed by atoms with Gasteiger partial charge in [0.2, 0.25) is 0 Å². The van der Waals surface area contributed by atoms with Crippen molar-refractivity contribution < 1.29 is 9.53 Å². The molecule has 0 saturated heterocycles. The number of allylic oxidation sites excluding steroid dienone is 4. The van der Waals surface area contributed by atoms with Crippen molar-refractivity contribution in [2.45, 2.75) is 278 Å². The van der Waals surface area contributed by atoms with Crippen molar-refractivity contribution in [3.63, 3.8) is 0 Å². The Morgan fingerprint density at radius 2 is 0.769 bits per heavy atom. The Kier molecular flexibility index (Phi) is 45.2. The van der Waals surface area contributed by atoms with Crippen LogP contribution in [0.2, 0.25) is 0 Å². The average molecular weight is 729 g/mol. The van der Waals surface area contributed by atoms with Gasteiger partial charge in [-0.15, -0.1) is 0 Å². The Labute approximate surface area is 329 Å². The van der Waals surface area contributed by atoms with Gasteiger partial charge in [-0.2, -0.15) is 0 Å². The van der Waals surface area contributed by atoms with Gasteiger partial charge in [-0.05, 0) is 50.9 Å². The lowest BCUT2D eigenvalue weighted by molar-refractivity contribution is -0.143. The molecule has 0 fully saturated rings. The van der Waals surface area contributed by atoms with Crippen LogP contribution in [0.4, 0.5) is 0 Å². The molecule has 1 unspecified atom stereocenters. The molecule has 0 aromatic heterocycles. The van der Waals surface area contributed by atoms with E-state index in [2.05, 4.69) is 45.1 Å². The van der Waals surface area contributed by atoms with Crippen molar-refractivity contribution in [3.05, 3.63) is 24.3 Å². The molecule has 0 aliphatic heterocycles. The second kappa shape index (κ2) is 46.1. The smallest absolute Gasteiger partial charge is 0.305 e. The first kappa shape index (κ1) is 51.0. The van der Waals surface area contributed by atoms with Crippen LogP contribution in [0, 0.1) is 5.92 Å². The number of carbonyl (C=O) groups is 1. The highest BCUT2D eigenvalue weighted by atomic mass is 16.5. The fourth-order valence-corrected chi connectivity index (χ4v) is 7.38. The van der Waals surface area contributed by atoms with Gasteiger partial charge in [0, 0.05) is 6.42 Å². The Hall–Kier alpha value is -1.05. The predicted octanol–water partition coefficient (Wildman–Crippen LogP) is 17.9. The highest BCUT2D eigenvalue weighted by Crippen LogP contribution is 2.17. The van der Waals surface area contributed by atoms with E-state index in [0.29, 0.717) is 13.0 Å². The molecule has 0 amide bonds. The highest BCUT2D eigenvalue weighted by molar-refractivity contribution is 5.69. The van der Waals surface area contributed by atoms with E-state index >= 15 is 0 Å². The van der Waals surface area contributed by atoms with Crippen LogP contribution in [0.15, 0.2) is 24.3 Å². The van der Waals surface area contributed by atoms with Gasteiger partial charge < -0.3 is 4.74 Å². The molecule has 0 aromatic carbocycles. The number of carbonyl (C=O) groups excluding carboxylic acids is 1. The lowest BCUT2D eigenvalue weighted by Crippen LogP contribution is -2.05. The van der Waals surface area contributed by atoms with Crippen molar-refractivity contribution >= 4 is 5.97 Å².